The standard InChI is InChI=1S/C16H16O2/c1-13(16-10-6-5-9-15(16)11-17)18-12-14-7-3-2-4-8-14/h2-11,13H,12H2,1H3. The third-order valence-electron chi connectivity index (χ3n) is 2.90. The van der Waals surface area contributed by atoms with Gasteiger partial charge in [0.15, 0.2) is 0 Å². The Morgan fingerprint density at radius 1 is 1.06 bits per heavy atom. The molecule has 0 radical (unpaired) electrons. The van der Waals surface area contributed by atoms with Crippen LogP contribution in [-0.4, -0.2) is 6.29 Å². The summed E-state index contributed by atoms with van der Waals surface area (Å²) in [4.78, 5) is 11.0. The fourth-order valence-electron chi connectivity index (χ4n) is 1.87. The summed E-state index contributed by atoms with van der Waals surface area (Å²) in [6, 6.07) is 17.5. The molecule has 2 aromatic rings. The first kappa shape index (κ1) is 12.5. The molecular weight excluding hydrogens is 224 g/mol. The second-order valence-corrected chi connectivity index (χ2v) is 4.19. The van der Waals surface area contributed by atoms with E-state index in [2.05, 4.69) is 0 Å². The van der Waals surface area contributed by atoms with Crippen LogP contribution in [0.1, 0.15) is 34.5 Å². The summed E-state index contributed by atoms with van der Waals surface area (Å²) in [5, 5.41) is 0. The molecule has 92 valence electrons. The number of carbonyl (C=O) groups is 1. The molecule has 1 atom stereocenters. The number of rotatable bonds is 5. The number of aldehydes is 1. The van der Waals surface area contributed by atoms with Crippen molar-refractivity contribution in [3.8, 4) is 0 Å². The van der Waals surface area contributed by atoms with Gasteiger partial charge in [0, 0.05) is 5.56 Å². The van der Waals surface area contributed by atoms with Crippen LogP contribution in [0.25, 0.3) is 0 Å². The zero-order valence-electron chi connectivity index (χ0n) is 10.4. The van der Waals surface area contributed by atoms with E-state index in [1.807, 2.05) is 61.5 Å². The lowest BCUT2D eigenvalue weighted by atomic mass is 10.0. The monoisotopic (exact) mass is 240 g/mol. The topological polar surface area (TPSA) is 26.3 Å². The normalized spacial score (nSPS) is 12.1. The maximum atomic E-state index is 11.0. The smallest absolute Gasteiger partial charge is 0.150 e. The van der Waals surface area contributed by atoms with Crippen LogP contribution >= 0.6 is 0 Å². The highest BCUT2D eigenvalue weighted by Crippen LogP contribution is 2.21. The summed E-state index contributed by atoms with van der Waals surface area (Å²) in [6.45, 7) is 2.51. The summed E-state index contributed by atoms with van der Waals surface area (Å²) in [5.41, 5.74) is 2.76. The minimum atomic E-state index is -0.0911. The van der Waals surface area contributed by atoms with Crippen molar-refractivity contribution in [2.45, 2.75) is 19.6 Å². The predicted molar refractivity (Wildman–Crippen MR) is 71.5 cm³/mol. The zero-order valence-corrected chi connectivity index (χ0v) is 10.4. The van der Waals surface area contributed by atoms with Gasteiger partial charge in [-0.25, -0.2) is 0 Å². The molecule has 2 aromatic carbocycles. The van der Waals surface area contributed by atoms with E-state index < -0.39 is 0 Å². The minimum absolute atomic E-state index is 0.0911. The number of benzene rings is 2. The van der Waals surface area contributed by atoms with Crippen molar-refractivity contribution >= 4 is 6.29 Å². The number of hydrogen-bond donors (Lipinski definition) is 0. The number of ether oxygens (including phenoxy) is 1. The minimum Gasteiger partial charge on any atom is -0.369 e. The summed E-state index contributed by atoms with van der Waals surface area (Å²) in [7, 11) is 0. The van der Waals surface area contributed by atoms with Gasteiger partial charge in [-0.3, -0.25) is 4.79 Å². The number of hydrogen-bond acceptors (Lipinski definition) is 2. The van der Waals surface area contributed by atoms with Crippen LogP contribution in [-0.2, 0) is 11.3 Å². The van der Waals surface area contributed by atoms with E-state index in [0.29, 0.717) is 12.2 Å². The van der Waals surface area contributed by atoms with Crippen molar-refractivity contribution < 1.29 is 9.53 Å². The van der Waals surface area contributed by atoms with Gasteiger partial charge in [-0.2, -0.15) is 0 Å². The van der Waals surface area contributed by atoms with Gasteiger partial charge in [0.2, 0.25) is 0 Å². The molecule has 2 nitrogen and oxygen atoms in total. The largest absolute Gasteiger partial charge is 0.369 e. The van der Waals surface area contributed by atoms with Crippen LogP contribution < -0.4 is 0 Å². The van der Waals surface area contributed by atoms with E-state index in [9.17, 15) is 4.79 Å². The van der Waals surface area contributed by atoms with Gasteiger partial charge in [0.1, 0.15) is 6.29 Å². The number of carbonyl (C=O) groups excluding carboxylic acids is 1. The molecule has 2 heteroatoms. The first-order valence-corrected chi connectivity index (χ1v) is 6.01. The molecule has 2 rings (SSSR count). The summed E-state index contributed by atoms with van der Waals surface area (Å²) in [6.07, 6.45) is 0.782. The maximum absolute atomic E-state index is 11.0. The van der Waals surface area contributed by atoms with Crippen molar-refractivity contribution in [1.82, 2.24) is 0 Å². The third-order valence-corrected chi connectivity index (χ3v) is 2.90. The molecule has 1 unspecified atom stereocenters. The van der Waals surface area contributed by atoms with Crippen LogP contribution in [0.15, 0.2) is 54.6 Å². The van der Waals surface area contributed by atoms with Gasteiger partial charge < -0.3 is 4.74 Å². The van der Waals surface area contributed by atoms with Crippen molar-refractivity contribution in [1.29, 1.82) is 0 Å². The molecule has 0 spiro atoms. The fraction of sp³-hybridized carbons (Fsp3) is 0.188. The highest BCUT2D eigenvalue weighted by atomic mass is 16.5. The molecule has 0 aromatic heterocycles. The van der Waals surface area contributed by atoms with Crippen LogP contribution in [0.2, 0.25) is 0 Å². The van der Waals surface area contributed by atoms with Crippen molar-refractivity contribution in [2.75, 3.05) is 0 Å². The summed E-state index contributed by atoms with van der Waals surface area (Å²) < 4.78 is 5.80. The Balaban J connectivity index is 2.04. The maximum Gasteiger partial charge on any atom is 0.150 e. The van der Waals surface area contributed by atoms with E-state index in [1.165, 1.54) is 0 Å². The van der Waals surface area contributed by atoms with Crippen LogP contribution in [0, 0.1) is 0 Å². The Labute approximate surface area is 107 Å². The Morgan fingerprint density at radius 3 is 2.44 bits per heavy atom. The molecule has 0 aliphatic heterocycles. The lowest BCUT2D eigenvalue weighted by Gasteiger charge is -2.15. The van der Waals surface area contributed by atoms with Crippen molar-refractivity contribution in [3.05, 3.63) is 71.3 Å². The van der Waals surface area contributed by atoms with Gasteiger partial charge in [-0.1, -0.05) is 54.6 Å². The van der Waals surface area contributed by atoms with Crippen LogP contribution in [0.3, 0.4) is 0 Å². The van der Waals surface area contributed by atoms with E-state index in [0.717, 1.165) is 17.4 Å². The molecule has 0 heterocycles. The zero-order chi connectivity index (χ0) is 12.8. The van der Waals surface area contributed by atoms with Gasteiger partial charge >= 0.3 is 0 Å². The molecule has 0 bridgehead atoms. The SMILES string of the molecule is CC(OCc1ccccc1)c1ccccc1C=O. The Kier molecular flexibility index (Phi) is 4.26. The lowest BCUT2D eigenvalue weighted by Crippen LogP contribution is -2.03. The van der Waals surface area contributed by atoms with Crippen LogP contribution in [0.5, 0.6) is 0 Å². The molecule has 0 fully saturated rings. The average Bonchev–Trinajstić information content (AvgIpc) is 2.45. The lowest BCUT2D eigenvalue weighted by molar-refractivity contribution is 0.0519. The van der Waals surface area contributed by atoms with Crippen molar-refractivity contribution in [2.24, 2.45) is 0 Å². The second-order valence-electron chi connectivity index (χ2n) is 4.19. The Morgan fingerprint density at radius 2 is 1.72 bits per heavy atom. The first-order valence-electron chi connectivity index (χ1n) is 6.01. The molecular formula is C16H16O2. The fourth-order valence-corrected chi connectivity index (χ4v) is 1.87. The van der Waals surface area contributed by atoms with Gasteiger partial charge in [0.05, 0.1) is 12.7 Å². The molecule has 0 aliphatic rings. The summed E-state index contributed by atoms with van der Waals surface area (Å²) in [5.74, 6) is 0. The Bertz CT molecular complexity index is 506. The Hall–Kier alpha value is -1.93. The third kappa shape index (κ3) is 3.05. The van der Waals surface area contributed by atoms with Crippen molar-refractivity contribution in [3.63, 3.8) is 0 Å². The quantitative estimate of drug-likeness (QED) is 0.743. The van der Waals surface area contributed by atoms with E-state index in [1.54, 1.807) is 0 Å². The van der Waals surface area contributed by atoms with Gasteiger partial charge in [-0.05, 0) is 18.1 Å². The van der Waals surface area contributed by atoms with Crippen LogP contribution in [0.4, 0.5) is 0 Å². The second kappa shape index (κ2) is 6.12. The molecule has 0 N–H and O–H groups in total. The summed E-state index contributed by atoms with van der Waals surface area (Å²) >= 11 is 0. The highest BCUT2D eigenvalue weighted by molar-refractivity contribution is 5.77. The average molecular weight is 240 g/mol. The molecule has 0 saturated carbocycles. The molecule has 0 amide bonds. The molecule has 0 aliphatic carbocycles. The van der Waals surface area contributed by atoms with E-state index in [-0.39, 0.29) is 6.10 Å². The van der Waals surface area contributed by atoms with E-state index in [4.69, 9.17) is 4.74 Å². The van der Waals surface area contributed by atoms with Gasteiger partial charge in [-0.15, -0.1) is 0 Å². The van der Waals surface area contributed by atoms with Gasteiger partial charge in [0.25, 0.3) is 0 Å². The first-order chi connectivity index (χ1) is 8.81. The van der Waals surface area contributed by atoms with E-state index >= 15 is 0 Å². The highest BCUT2D eigenvalue weighted by Gasteiger charge is 2.10. The molecule has 0 saturated heterocycles. The molecule has 18 heavy (non-hydrogen) atoms. The predicted octanol–water partition coefficient (Wildman–Crippen LogP) is 3.78.